The van der Waals surface area contributed by atoms with Gasteiger partial charge in [-0.05, 0) is 37.6 Å². The Morgan fingerprint density at radius 2 is 1.97 bits per heavy atom. The van der Waals surface area contributed by atoms with Gasteiger partial charge in [0, 0.05) is 23.3 Å². The number of nitrogens with zero attached hydrogens (tertiary/aromatic N) is 4. The highest BCUT2D eigenvalue weighted by molar-refractivity contribution is 7.13. The van der Waals surface area contributed by atoms with E-state index in [-0.39, 0.29) is 5.01 Å². The number of amidine groups is 1. The standard InChI is InChI=1S/C19H15F3N6S/c1-9-3-5-25-17-14(18-27-12(8-29-18)19(20,21)22)16(28-15(9)17)11-4-6-24-13(7-11)26-10(2)23/h3-8,28H,1-2H3,(H2,23,24,26). The van der Waals surface area contributed by atoms with Crippen molar-refractivity contribution in [1.82, 2.24) is 19.9 Å². The number of alkyl halides is 3. The van der Waals surface area contributed by atoms with Crippen LogP contribution in [0.2, 0.25) is 0 Å². The lowest BCUT2D eigenvalue weighted by molar-refractivity contribution is -0.140. The van der Waals surface area contributed by atoms with Gasteiger partial charge in [0.1, 0.15) is 5.01 Å². The lowest BCUT2D eigenvalue weighted by atomic mass is 10.1. The smallest absolute Gasteiger partial charge is 0.387 e. The molecule has 0 atom stereocenters. The van der Waals surface area contributed by atoms with Crippen molar-refractivity contribution in [3.05, 3.63) is 47.2 Å². The molecule has 4 rings (SSSR count). The number of rotatable bonds is 3. The molecule has 4 aromatic rings. The van der Waals surface area contributed by atoms with Crippen LogP contribution in [-0.4, -0.2) is 25.8 Å². The molecule has 0 aliphatic carbocycles. The van der Waals surface area contributed by atoms with Crippen LogP contribution in [-0.2, 0) is 6.18 Å². The third kappa shape index (κ3) is 3.58. The summed E-state index contributed by atoms with van der Waals surface area (Å²) >= 11 is 0.924. The normalized spacial score (nSPS) is 12.7. The quantitative estimate of drug-likeness (QED) is 0.360. The van der Waals surface area contributed by atoms with E-state index in [0.717, 1.165) is 27.8 Å². The molecule has 4 heterocycles. The number of H-pyrrole nitrogens is 1. The van der Waals surface area contributed by atoms with Crippen LogP contribution in [0.25, 0.3) is 32.9 Å². The van der Waals surface area contributed by atoms with Crippen LogP contribution in [0.4, 0.5) is 19.0 Å². The number of hydrogen-bond donors (Lipinski definition) is 2. The third-order valence-corrected chi connectivity index (χ3v) is 5.09. The van der Waals surface area contributed by atoms with Crippen molar-refractivity contribution in [2.45, 2.75) is 20.0 Å². The van der Waals surface area contributed by atoms with E-state index < -0.39 is 11.9 Å². The Labute approximate surface area is 167 Å². The number of fused-ring (bicyclic) bond motifs is 1. The lowest BCUT2D eigenvalue weighted by Crippen LogP contribution is -2.04. The number of halogens is 3. The number of nitrogens with one attached hydrogen (secondary N) is 1. The topological polar surface area (TPSA) is 92.8 Å². The molecule has 0 aliphatic rings. The number of aromatic amines is 1. The number of aryl methyl sites for hydroxylation is 1. The van der Waals surface area contributed by atoms with Gasteiger partial charge in [0.05, 0.1) is 28.1 Å². The minimum atomic E-state index is -4.51. The van der Waals surface area contributed by atoms with Gasteiger partial charge in [-0.2, -0.15) is 13.2 Å². The first-order valence-corrected chi connectivity index (χ1v) is 9.39. The fourth-order valence-electron chi connectivity index (χ4n) is 2.97. The van der Waals surface area contributed by atoms with Crippen LogP contribution in [0.15, 0.2) is 41.0 Å². The van der Waals surface area contributed by atoms with E-state index in [4.69, 9.17) is 5.73 Å². The molecule has 0 amide bonds. The third-order valence-electron chi connectivity index (χ3n) is 4.23. The summed E-state index contributed by atoms with van der Waals surface area (Å²) < 4.78 is 39.3. The number of aromatic nitrogens is 4. The van der Waals surface area contributed by atoms with Crippen molar-refractivity contribution in [2.24, 2.45) is 10.7 Å². The average molecular weight is 416 g/mol. The van der Waals surface area contributed by atoms with Gasteiger partial charge >= 0.3 is 6.18 Å². The molecule has 0 radical (unpaired) electrons. The highest BCUT2D eigenvalue weighted by Crippen LogP contribution is 2.41. The summed E-state index contributed by atoms with van der Waals surface area (Å²) in [6.07, 6.45) is -1.33. The molecule has 4 aromatic heterocycles. The molecule has 0 aromatic carbocycles. The molecule has 3 N–H and O–H groups in total. The van der Waals surface area contributed by atoms with E-state index in [0.29, 0.717) is 34.0 Å². The minimum Gasteiger partial charge on any atom is -0.387 e. The Bertz CT molecular complexity index is 1230. The number of nitrogens with two attached hydrogens (primary N) is 1. The maximum Gasteiger partial charge on any atom is 0.434 e. The second kappa shape index (κ2) is 6.96. The largest absolute Gasteiger partial charge is 0.434 e. The molecular weight excluding hydrogens is 401 g/mol. The lowest BCUT2D eigenvalue weighted by Gasteiger charge is -2.04. The predicted molar refractivity (Wildman–Crippen MR) is 107 cm³/mol. The molecule has 0 saturated carbocycles. The van der Waals surface area contributed by atoms with Gasteiger partial charge in [0.15, 0.2) is 11.5 Å². The zero-order chi connectivity index (χ0) is 20.8. The second-order valence-electron chi connectivity index (χ2n) is 6.42. The van der Waals surface area contributed by atoms with Gasteiger partial charge in [-0.15, -0.1) is 11.3 Å². The molecule has 6 nitrogen and oxygen atoms in total. The molecule has 0 aliphatic heterocycles. The van der Waals surface area contributed by atoms with Gasteiger partial charge in [-0.1, -0.05) is 0 Å². The van der Waals surface area contributed by atoms with Gasteiger partial charge in [0.25, 0.3) is 0 Å². The number of hydrogen-bond acceptors (Lipinski definition) is 5. The summed E-state index contributed by atoms with van der Waals surface area (Å²) in [5.74, 6) is 0.741. The first-order valence-electron chi connectivity index (χ1n) is 8.51. The molecule has 10 heteroatoms. The first-order chi connectivity index (χ1) is 13.7. The molecular formula is C19H15F3N6S. The van der Waals surface area contributed by atoms with Crippen molar-refractivity contribution in [2.75, 3.05) is 0 Å². The maximum absolute atomic E-state index is 13.1. The van der Waals surface area contributed by atoms with Gasteiger partial charge in [-0.3, -0.25) is 4.98 Å². The minimum absolute atomic E-state index is 0.230. The Kier molecular flexibility index (Phi) is 4.58. The monoisotopic (exact) mass is 416 g/mol. The van der Waals surface area contributed by atoms with E-state index in [9.17, 15) is 13.2 Å². The highest BCUT2D eigenvalue weighted by atomic mass is 32.1. The molecule has 0 unspecified atom stereocenters. The van der Waals surface area contributed by atoms with Crippen LogP contribution in [0.1, 0.15) is 18.2 Å². The maximum atomic E-state index is 13.1. The van der Waals surface area contributed by atoms with Crippen molar-refractivity contribution in [1.29, 1.82) is 0 Å². The molecule has 29 heavy (non-hydrogen) atoms. The Balaban J connectivity index is 1.98. The second-order valence-corrected chi connectivity index (χ2v) is 7.28. The number of thiazole rings is 1. The zero-order valence-corrected chi connectivity index (χ0v) is 16.2. The summed E-state index contributed by atoms with van der Waals surface area (Å²) in [4.78, 5) is 19.8. The summed E-state index contributed by atoms with van der Waals surface area (Å²) in [7, 11) is 0. The van der Waals surface area contributed by atoms with Crippen LogP contribution in [0.5, 0.6) is 0 Å². The zero-order valence-electron chi connectivity index (χ0n) is 15.4. The highest BCUT2D eigenvalue weighted by Gasteiger charge is 2.34. The van der Waals surface area contributed by atoms with Crippen molar-refractivity contribution < 1.29 is 13.2 Å². The van der Waals surface area contributed by atoms with E-state index in [1.165, 1.54) is 0 Å². The van der Waals surface area contributed by atoms with Crippen LogP contribution in [0.3, 0.4) is 0 Å². The molecule has 0 bridgehead atoms. The van der Waals surface area contributed by atoms with E-state index in [1.807, 2.05) is 13.0 Å². The van der Waals surface area contributed by atoms with Gasteiger partial charge in [-0.25, -0.2) is 15.0 Å². The predicted octanol–water partition coefficient (Wildman–Crippen LogP) is 5.08. The number of pyridine rings is 2. The Morgan fingerprint density at radius 1 is 1.21 bits per heavy atom. The Hall–Kier alpha value is -3.27. The van der Waals surface area contributed by atoms with E-state index in [2.05, 4.69) is 24.9 Å². The van der Waals surface area contributed by atoms with Crippen molar-refractivity contribution >= 4 is 34.0 Å². The van der Waals surface area contributed by atoms with Gasteiger partial charge in [0.2, 0.25) is 0 Å². The Morgan fingerprint density at radius 3 is 2.66 bits per heavy atom. The van der Waals surface area contributed by atoms with Crippen LogP contribution in [0, 0.1) is 6.92 Å². The van der Waals surface area contributed by atoms with Crippen LogP contribution < -0.4 is 5.73 Å². The SMILES string of the molecule is CC(N)=Nc1cc(-c2[nH]c3c(C)ccnc3c2-c2nc(C(F)(F)F)cs2)ccn1. The summed E-state index contributed by atoms with van der Waals surface area (Å²) in [6, 6.07) is 5.28. The van der Waals surface area contributed by atoms with Crippen molar-refractivity contribution in [3.63, 3.8) is 0 Å². The van der Waals surface area contributed by atoms with Gasteiger partial charge < -0.3 is 10.7 Å². The van der Waals surface area contributed by atoms with Crippen LogP contribution >= 0.6 is 11.3 Å². The summed E-state index contributed by atoms with van der Waals surface area (Å²) in [5, 5.41) is 1.24. The molecule has 0 spiro atoms. The van der Waals surface area contributed by atoms with E-state index >= 15 is 0 Å². The van der Waals surface area contributed by atoms with Crippen molar-refractivity contribution in [3.8, 4) is 21.8 Å². The first kappa shape index (κ1) is 19.1. The molecule has 148 valence electrons. The fraction of sp³-hybridized carbons (Fsp3) is 0.158. The average Bonchev–Trinajstić information content (AvgIpc) is 3.26. The van der Waals surface area contributed by atoms with E-state index in [1.54, 1.807) is 31.5 Å². The number of aliphatic imine (C=N–C) groups is 1. The molecule has 0 fully saturated rings. The summed E-state index contributed by atoms with van der Waals surface area (Å²) in [5.41, 5.74) is 8.71. The fourth-order valence-corrected chi connectivity index (χ4v) is 3.85. The summed E-state index contributed by atoms with van der Waals surface area (Å²) in [6.45, 7) is 3.54. The molecule has 0 saturated heterocycles.